The molecule has 0 saturated carbocycles. The second-order valence-electron chi connectivity index (χ2n) is 4.43. The van der Waals surface area contributed by atoms with Crippen molar-refractivity contribution in [3.63, 3.8) is 0 Å². The van der Waals surface area contributed by atoms with Gasteiger partial charge in [-0.15, -0.1) is 11.3 Å². The summed E-state index contributed by atoms with van der Waals surface area (Å²) >= 11 is 12.6. The lowest BCUT2D eigenvalue weighted by atomic mass is 10.1. The normalized spacial score (nSPS) is 11.6. The van der Waals surface area contributed by atoms with Gasteiger partial charge in [0.2, 0.25) is 0 Å². The van der Waals surface area contributed by atoms with Crippen LogP contribution in [0.5, 0.6) is 0 Å². The Labute approximate surface area is 145 Å². The molecule has 0 bridgehead atoms. The van der Waals surface area contributed by atoms with Crippen molar-refractivity contribution in [1.82, 2.24) is 9.97 Å². The smallest absolute Gasteiger partial charge is 0.340 e. The second kappa shape index (κ2) is 7.51. The molecule has 9 heteroatoms. The van der Waals surface area contributed by atoms with Crippen molar-refractivity contribution < 1.29 is 14.3 Å². The van der Waals surface area contributed by atoms with E-state index in [4.69, 9.17) is 33.2 Å². The molecular weight excluding hydrogens is 361 g/mol. The van der Waals surface area contributed by atoms with Gasteiger partial charge in [-0.05, 0) is 13.0 Å². The predicted octanol–water partition coefficient (Wildman–Crippen LogP) is 3.19. The zero-order valence-corrected chi connectivity index (χ0v) is 14.1. The fourth-order valence-corrected chi connectivity index (χ4v) is 2.74. The van der Waals surface area contributed by atoms with Gasteiger partial charge in [0.05, 0.1) is 16.7 Å². The third-order valence-corrected chi connectivity index (χ3v) is 4.43. The molecule has 2 aromatic rings. The molecule has 0 aliphatic heterocycles. The molecule has 2 rings (SSSR count). The highest BCUT2D eigenvalue weighted by Gasteiger charge is 2.24. The molecule has 0 fully saturated rings. The van der Waals surface area contributed by atoms with Crippen molar-refractivity contribution in [2.24, 2.45) is 0 Å². The molecule has 118 valence electrons. The number of Topliss-reactive ketones (excluding diaryl/α,β-unsaturated/α-hetero) is 1. The third kappa shape index (κ3) is 4.26. The van der Waals surface area contributed by atoms with E-state index in [2.05, 4.69) is 9.97 Å². The molecule has 0 amide bonds. The van der Waals surface area contributed by atoms with E-state index in [1.807, 2.05) is 6.07 Å². The van der Waals surface area contributed by atoms with E-state index in [1.54, 1.807) is 12.3 Å². The van der Waals surface area contributed by atoms with Gasteiger partial charge in [0, 0.05) is 17.3 Å². The number of nitriles is 1. The van der Waals surface area contributed by atoms with Crippen molar-refractivity contribution in [2.75, 3.05) is 6.61 Å². The number of aromatic nitrogens is 2. The summed E-state index contributed by atoms with van der Waals surface area (Å²) in [5.41, 5.74) is 0.780. The van der Waals surface area contributed by atoms with Crippen LogP contribution in [0.25, 0.3) is 0 Å². The molecule has 0 N–H and O–H groups in total. The van der Waals surface area contributed by atoms with Gasteiger partial charge in [0.15, 0.2) is 18.3 Å². The third-order valence-electron chi connectivity index (χ3n) is 2.71. The van der Waals surface area contributed by atoms with Crippen LogP contribution in [0.1, 0.15) is 27.0 Å². The molecule has 0 unspecified atom stereocenters. The van der Waals surface area contributed by atoms with Gasteiger partial charge >= 0.3 is 5.97 Å². The van der Waals surface area contributed by atoms with Crippen LogP contribution in [-0.4, -0.2) is 28.3 Å². The summed E-state index contributed by atoms with van der Waals surface area (Å²) in [6, 6.07) is 3.16. The van der Waals surface area contributed by atoms with E-state index in [1.165, 1.54) is 23.6 Å². The van der Waals surface area contributed by atoms with E-state index in [0.29, 0.717) is 5.01 Å². The van der Waals surface area contributed by atoms with Crippen LogP contribution in [0, 0.1) is 18.3 Å². The SMILES string of the molecule is Cc1csc([C@@H](C#N)C(=O)COC(=O)c2cnc(Cl)c(Cl)c2)n1. The minimum absolute atomic E-state index is 0.0583. The molecule has 0 saturated heterocycles. The summed E-state index contributed by atoms with van der Waals surface area (Å²) in [4.78, 5) is 31.7. The second-order valence-corrected chi connectivity index (χ2v) is 6.08. The van der Waals surface area contributed by atoms with Gasteiger partial charge in [-0.25, -0.2) is 14.8 Å². The van der Waals surface area contributed by atoms with Gasteiger partial charge in [0.25, 0.3) is 0 Å². The van der Waals surface area contributed by atoms with Gasteiger partial charge in [-0.2, -0.15) is 5.26 Å². The lowest BCUT2D eigenvalue weighted by molar-refractivity contribution is -0.122. The van der Waals surface area contributed by atoms with Crippen molar-refractivity contribution >= 4 is 46.3 Å². The number of hydrogen-bond donors (Lipinski definition) is 0. The maximum atomic E-state index is 12.0. The molecular formula is C14H9Cl2N3O3S. The van der Waals surface area contributed by atoms with Gasteiger partial charge in [0.1, 0.15) is 10.2 Å². The maximum Gasteiger partial charge on any atom is 0.340 e. The first-order valence-corrected chi connectivity index (χ1v) is 7.88. The monoisotopic (exact) mass is 369 g/mol. The average Bonchev–Trinajstić information content (AvgIpc) is 2.94. The Bertz CT molecular complexity index is 801. The molecule has 2 aromatic heterocycles. The van der Waals surface area contributed by atoms with E-state index in [-0.39, 0.29) is 15.7 Å². The number of rotatable bonds is 5. The van der Waals surface area contributed by atoms with Crippen LogP contribution < -0.4 is 0 Å². The number of carbonyl (C=O) groups excluding carboxylic acids is 2. The fourth-order valence-electron chi connectivity index (χ4n) is 1.61. The highest BCUT2D eigenvalue weighted by molar-refractivity contribution is 7.09. The topological polar surface area (TPSA) is 92.9 Å². The molecule has 1 atom stereocenters. The van der Waals surface area contributed by atoms with Crippen LogP contribution in [0.4, 0.5) is 0 Å². The lowest BCUT2D eigenvalue weighted by Gasteiger charge is -2.07. The highest BCUT2D eigenvalue weighted by Crippen LogP contribution is 2.22. The Hall–Kier alpha value is -2.01. The van der Waals surface area contributed by atoms with Crippen LogP contribution in [0.15, 0.2) is 17.6 Å². The van der Waals surface area contributed by atoms with Crippen LogP contribution >= 0.6 is 34.5 Å². The first-order valence-electron chi connectivity index (χ1n) is 6.25. The number of ether oxygens (including phenoxy) is 1. The zero-order chi connectivity index (χ0) is 17.0. The molecule has 0 aliphatic rings. The van der Waals surface area contributed by atoms with E-state index in [0.717, 1.165) is 5.69 Å². The number of thiazole rings is 1. The average molecular weight is 370 g/mol. The Morgan fingerprint density at radius 1 is 1.48 bits per heavy atom. The number of halogens is 2. The number of hydrogen-bond acceptors (Lipinski definition) is 7. The zero-order valence-electron chi connectivity index (χ0n) is 11.7. The summed E-state index contributed by atoms with van der Waals surface area (Å²) in [7, 11) is 0. The fraction of sp³-hybridized carbons (Fsp3) is 0.214. The number of esters is 1. The van der Waals surface area contributed by atoms with E-state index in [9.17, 15) is 9.59 Å². The summed E-state index contributed by atoms with van der Waals surface area (Å²) in [6.45, 7) is 1.21. The molecule has 0 spiro atoms. The molecule has 0 aliphatic carbocycles. The standard InChI is InChI=1S/C14H9Cl2N3O3S/c1-7-6-23-13(19-7)9(3-17)11(20)5-22-14(21)8-2-10(15)12(16)18-4-8/h2,4,6,9H,5H2,1H3/t9-/m0/s1. The minimum atomic E-state index is -1.06. The Kier molecular flexibility index (Phi) is 5.66. The summed E-state index contributed by atoms with van der Waals surface area (Å²) < 4.78 is 4.89. The first-order chi connectivity index (χ1) is 10.9. The summed E-state index contributed by atoms with van der Waals surface area (Å²) in [5.74, 6) is -2.40. The number of nitrogens with zero attached hydrogens (tertiary/aromatic N) is 3. The Balaban J connectivity index is 2.01. The molecule has 23 heavy (non-hydrogen) atoms. The lowest BCUT2D eigenvalue weighted by Crippen LogP contribution is -2.20. The van der Waals surface area contributed by atoms with E-state index < -0.39 is 24.3 Å². The van der Waals surface area contributed by atoms with Crippen LogP contribution in [0.3, 0.4) is 0 Å². The predicted molar refractivity (Wildman–Crippen MR) is 84.8 cm³/mol. The summed E-state index contributed by atoms with van der Waals surface area (Å²) in [6.07, 6.45) is 1.19. The van der Waals surface area contributed by atoms with Crippen molar-refractivity contribution in [3.05, 3.63) is 44.1 Å². The number of ketones is 1. The van der Waals surface area contributed by atoms with Crippen molar-refractivity contribution in [2.45, 2.75) is 12.8 Å². The first kappa shape index (κ1) is 17.3. The number of aryl methyl sites for hydroxylation is 1. The maximum absolute atomic E-state index is 12.0. The van der Waals surface area contributed by atoms with Crippen LogP contribution in [-0.2, 0) is 9.53 Å². The van der Waals surface area contributed by atoms with E-state index >= 15 is 0 Å². The molecule has 2 heterocycles. The van der Waals surface area contributed by atoms with Crippen LogP contribution in [0.2, 0.25) is 10.2 Å². The highest BCUT2D eigenvalue weighted by atomic mass is 35.5. The number of pyridine rings is 1. The van der Waals surface area contributed by atoms with Gasteiger partial charge in [-0.3, -0.25) is 4.79 Å². The molecule has 6 nitrogen and oxygen atoms in total. The van der Waals surface area contributed by atoms with Crippen molar-refractivity contribution in [1.29, 1.82) is 5.26 Å². The Morgan fingerprint density at radius 3 is 2.78 bits per heavy atom. The molecule has 0 radical (unpaired) electrons. The quantitative estimate of drug-likeness (QED) is 0.593. The number of carbonyl (C=O) groups is 2. The molecule has 0 aromatic carbocycles. The van der Waals surface area contributed by atoms with Gasteiger partial charge < -0.3 is 4.74 Å². The van der Waals surface area contributed by atoms with Crippen molar-refractivity contribution in [3.8, 4) is 6.07 Å². The van der Waals surface area contributed by atoms with Gasteiger partial charge in [-0.1, -0.05) is 23.2 Å². The largest absolute Gasteiger partial charge is 0.454 e. The Morgan fingerprint density at radius 2 is 2.22 bits per heavy atom. The summed E-state index contributed by atoms with van der Waals surface area (Å²) in [5, 5.41) is 11.4. The minimum Gasteiger partial charge on any atom is -0.454 e.